The van der Waals surface area contributed by atoms with Gasteiger partial charge in [0.25, 0.3) is 0 Å². The Hall–Kier alpha value is -1.52. The molecule has 1 aromatic heterocycles. The van der Waals surface area contributed by atoms with E-state index in [0.29, 0.717) is 6.54 Å². The number of rotatable bonds is 4. The number of H-pyrrole nitrogens is 1. The molecule has 1 aromatic rings. The number of imidazole rings is 1. The van der Waals surface area contributed by atoms with Crippen LogP contribution in [0.1, 0.15) is 19.7 Å². The van der Waals surface area contributed by atoms with Gasteiger partial charge in [-0.15, -0.1) is 0 Å². The molecule has 1 N–H and O–H groups in total. The van der Waals surface area contributed by atoms with Crippen LogP contribution in [0.4, 0.5) is 4.79 Å². The largest absolute Gasteiger partial charge is 0.347 e. The highest BCUT2D eigenvalue weighted by atomic mass is 16.2. The number of urea groups is 1. The summed E-state index contributed by atoms with van der Waals surface area (Å²) in [6.45, 7) is 5.93. The van der Waals surface area contributed by atoms with Crippen molar-refractivity contribution < 1.29 is 4.79 Å². The number of carbonyl (C=O) groups is 1. The Morgan fingerprint density at radius 1 is 1.47 bits per heavy atom. The molecule has 0 aliphatic carbocycles. The maximum Gasteiger partial charge on any atom is 0.320 e. The van der Waals surface area contributed by atoms with Crippen LogP contribution >= 0.6 is 0 Å². The highest BCUT2D eigenvalue weighted by Crippen LogP contribution is 2.01. The quantitative estimate of drug-likeness (QED) is 0.814. The normalized spacial score (nSPS) is 10.1. The van der Waals surface area contributed by atoms with Gasteiger partial charge >= 0.3 is 6.03 Å². The van der Waals surface area contributed by atoms with Gasteiger partial charge in [-0.1, -0.05) is 0 Å². The number of hydrogen-bond acceptors (Lipinski definition) is 2. The molecule has 0 aliphatic rings. The molecule has 84 valence electrons. The minimum atomic E-state index is 0.0383. The van der Waals surface area contributed by atoms with Crippen molar-refractivity contribution >= 4 is 6.03 Å². The van der Waals surface area contributed by atoms with Crippen LogP contribution in [0.3, 0.4) is 0 Å². The third-order valence-electron chi connectivity index (χ3n) is 2.30. The van der Waals surface area contributed by atoms with E-state index in [1.807, 2.05) is 13.8 Å². The van der Waals surface area contributed by atoms with E-state index in [1.54, 1.807) is 29.2 Å². The van der Waals surface area contributed by atoms with Gasteiger partial charge in [0.2, 0.25) is 0 Å². The third-order valence-corrected chi connectivity index (χ3v) is 2.30. The summed E-state index contributed by atoms with van der Waals surface area (Å²) >= 11 is 0. The van der Waals surface area contributed by atoms with E-state index >= 15 is 0 Å². The van der Waals surface area contributed by atoms with Crippen molar-refractivity contribution in [2.45, 2.75) is 20.4 Å². The Morgan fingerprint density at radius 3 is 2.60 bits per heavy atom. The van der Waals surface area contributed by atoms with Crippen molar-refractivity contribution in [3.63, 3.8) is 0 Å². The third kappa shape index (κ3) is 2.97. The van der Waals surface area contributed by atoms with Crippen molar-refractivity contribution in [3.8, 4) is 0 Å². The van der Waals surface area contributed by atoms with Crippen molar-refractivity contribution in [1.29, 1.82) is 0 Å². The van der Waals surface area contributed by atoms with Crippen LogP contribution in [0.15, 0.2) is 12.4 Å². The molecule has 0 fully saturated rings. The maximum atomic E-state index is 11.8. The number of nitrogens with zero attached hydrogens (tertiary/aromatic N) is 3. The van der Waals surface area contributed by atoms with E-state index in [0.717, 1.165) is 18.9 Å². The molecule has 2 amide bonds. The summed E-state index contributed by atoms with van der Waals surface area (Å²) in [7, 11) is 1.78. The molecule has 5 heteroatoms. The molecular formula is C10H18N4O. The molecule has 0 radical (unpaired) electrons. The zero-order chi connectivity index (χ0) is 11.3. The molecule has 0 aromatic carbocycles. The number of carbonyl (C=O) groups excluding carboxylic acids is 1. The molecular weight excluding hydrogens is 192 g/mol. The summed E-state index contributed by atoms with van der Waals surface area (Å²) in [4.78, 5) is 22.3. The zero-order valence-electron chi connectivity index (χ0n) is 9.53. The highest BCUT2D eigenvalue weighted by molar-refractivity contribution is 5.73. The monoisotopic (exact) mass is 210 g/mol. The second-order valence-corrected chi connectivity index (χ2v) is 3.35. The number of amides is 2. The van der Waals surface area contributed by atoms with E-state index in [4.69, 9.17) is 0 Å². The van der Waals surface area contributed by atoms with Crippen LogP contribution in [-0.2, 0) is 6.54 Å². The molecule has 0 unspecified atom stereocenters. The van der Waals surface area contributed by atoms with Crippen molar-refractivity contribution in [1.82, 2.24) is 19.8 Å². The van der Waals surface area contributed by atoms with Gasteiger partial charge in [-0.25, -0.2) is 9.78 Å². The smallest absolute Gasteiger partial charge is 0.320 e. The predicted molar refractivity (Wildman–Crippen MR) is 58.4 cm³/mol. The maximum absolute atomic E-state index is 11.8. The average Bonchev–Trinajstić information content (AvgIpc) is 2.72. The lowest BCUT2D eigenvalue weighted by atomic mass is 10.5. The molecule has 0 atom stereocenters. The molecule has 5 nitrogen and oxygen atoms in total. The van der Waals surface area contributed by atoms with E-state index in [2.05, 4.69) is 9.97 Å². The van der Waals surface area contributed by atoms with Gasteiger partial charge in [0.1, 0.15) is 5.82 Å². The standard InChI is InChI=1S/C10H18N4O/c1-4-14(5-2)10(15)13(3)8-9-11-6-7-12-9/h6-7H,4-5,8H2,1-3H3,(H,11,12). The average molecular weight is 210 g/mol. The molecule has 1 rings (SSSR count). The summed E-state index contributed by atoms with van der Waals surface area (Å²) in [6.07, 6.45) is 3.44. The minimum Gasteiger partial charge on any atom is -0.347 e. The summed E-state index contributed by atoms with van der Waals surface area (Å²) in [5.74, 6) is 0.804. The Bertz CT molecular complexity index is 292. The first-order valence-electron chi connectivity index (χ1n) is 5.17. The second-order valence-electron chi connectivity index (χ2n) is 3.35. The molecule has 0 aliphatic heterocycles. The van der Waals surface area contributed by atoms with Gasteiger partial charge in [-0.05, 0) is 13.8 Å². The lowest BCUT2D eigenvalue weighted by molar-refractivity contribution is 0.164. The van der Waals surface area contributed by atoms with Crippen molar-refractivity contribution in [2.24, 2.45) is 0 Å². The number of hydrogen-bond donors (Lipinski definition) is 1. The van der Waals surface area contributed by atoms with Gasteiger partial charge in [0.05, 0.1) is 6.54 Å². The number of aromatic nitrogens is 2. The van der Waals surface area contributed by atoms with E-state index < -0.39 is 0 Å². The van der Waals surface area contributed by atoms with E-state index in [1.165, 1.54) is 0 Å². The van der Waals surface area contributed by atoms with Crippen LogP contribution in [0.5, 0.6) is 0 Å². The highest BCUT2D eigenvalue weighted by Gasteiger charge is 2.15. The first-order valence-corrected chi connectivity index (χ1v) is 5.17. The van der Waals surface area contributed by atoms with Gasteiger partial charge in [-0.2, -0.15) is 0 Å². The topological polar surface area (TPSA) is 52.2 Å². The Labute approximate surface area is 90.1 Å². The van der Waals surface area contributed by atoms with E-state index in [9.17, 15) is 4.79 Å². The number of aromatic amines is 1. The summed E-state index contributed by atoms with van der Waals surface area (Å²) in [5.41, 5.74) is 0. The first-order chi connectivity index (χ1) is 7.19. The molecule has 0 saturated heterocycles. The summed E-state index contributed by atoms with van der Waals surface area (Å²) in [5, 5.41) is 0. The lowest BCUT2D eigenvalue weighted by Gasteiger charge is -2.25. The fourth-order valence-electron chi connectivity index (χ4n) is 1.41. The summed E-state index contributed by atoms with van der Waals surface area (Å²) < 4.78 is 0. The van der Waals surface area contributed by atoms with Crippen LogP contribution in [0.25, 0.3) is 0 Å². The first kappa shape index (κ1) is 11.6. The second kappa shape index (κ2) is 5.38. The van der Waals surface area contributed by atoms with E-state index in [-0.39, 0.29) is 6.03 Å². The predicted octanol–water partition coefficient (Wildman–Crippen LogP) is 1.30. The van der Waals surface area contributed by atoms with Crippen LogP contribution < -0.4 is 0 Å². The Balaban J connectivity index is 2.53. The van der Waals surface area contributed by atoms with Crippen LogP contribution in [0.2, 0.25) is 0 Å². The van der Waals surface area contributed by atoms with Crippen LogP contribution in [0, 0.1) is 0 Å². The fourth-order valence-corrected chi connectivity index (χ4v) is 1.41. The van der Waals surface area contributed by atoms with Crippen molar-refractivity contribution in [2.75, 3.05) is 20.1 Å². The molecule has 0 saturated carbocycles. The molecule has 0 bridgehead atoms. The lowest BCUT2D eigenvalue weighted by Crippen LogP contribution is -2.40. The Kier molecular flexibility index (Phi) is 4.15. The van der Waals surface area contributed by atoms with Crippen LogP contribution in [-0.4, -0.2) is 45.9 Å². The summed E-state index contributed by atoms with van der Waals surface area (Å²) in [6, 6.07) is 0.0383. The van der Waals surface area contributed by atoms with Crippen molar-refractivity contribution in [3.05, 3.63) is 18.2 Å². The van der Waals surface area contributed by atoms with Gasteiger partial charge in [0, 0.05) is 32.5 Å². The van der Waals surface area contributed by atoms with Gasteiger partial charge < -0.3 is 14.8 Å². The molecule has 0 spiro atoms. The Morgan fingerprint density at radius 2 is 2.13 bits per heavy atom. The molecule has 15 heavy (non-hydrogen) atoms. The fraction of sp³-hybridized carbons (Fsp3) is 0.600. The SMILES string of the molecule is CCN(CC)C(=O)N(C)Cc1ncc[nH]1. The zero-order valence-corrected chi connectivity index (χ0v) is 9.53. The molecule has 1 heterocycles. The minimum absolute atomic E-state index is 0.0383. The van der Waals surface area contributed by atoms with Gasteiger partial charge in [0.15, 0.2) is 0 Å². The number of nitrogens with one attached hydrogen (secondary N) is 1. The van der Waals surface area contributed by atoms with Gasteiger partial charge in [-0.3, -0.25) is 0 Å².